The molecule has 3 fully saturated rings. The molecule has 1 aromatic rings. The van der Waals surface area contributed by atoms with Crippen molar-refractivity contribution in [2.75, 3.05) is 0 Å². The summed E-state index contributed by atoms with van der Waals surface area (Å²) in [6.45, 7) is 6.00. The molecule has 0 N–H and O–H groups in total. The van der Waals surface area contributed by atoms with E-state index in [1.54, 1.807) is 6.92 Å². The highest BCUT2D eigenvalue weighted by Crippen LogP contribution is 2.54. The Balaban J connectivity index is 1.41. The largest absolute Gasteiger partial charge is 0.337 e. The zero-order valence-corrected chi connectivity index (χ0v) is 16.4. The maximum absolute atomic E-state index is 13.1. The number of nitrogens with zero attached hydrogens (tertiary/aromatic N) is 3. The van der Waals surface area contributed by atoms with Crippen LogP contribution in [-0.4, -0.2) is 38.5 Å². The number of ketones is 1. The maximum Gasteiger partial charge on any atom is 0.223 e. The van der Waals surface area contributed by atoms with Gasteiger partial charge in [-0.2, -0.15) is 5.10 Å². The predicted octanol–water partition coefficient (Wildman–Crippen LogP) is 3.30. The molecule has 3 heterocycles. The monoisotopic (exact) mass is 357 g/mol. The minimum Gasteiger partial charge on any atom is -0.337 e. The van der Waals surface area contributed by atoms with Gasteiger partial charge in [0.2, 0.25) is 5.91 Å². The minimum absolute atomic E-state index is 0.0342. The molecule has 0 aromatic carbocycles. The molecule has 1 amide bonds. The van der Waals surface area contributed by atoms with Gasteiger partial charge in [-0.1, -0.05) is 13.8 Å². The molecule has 2 saturated heterocycles. The Labute approximate surface area is 156 Å². The van der Waals surface area contributed by atoms with E-state index in [1.165, 1.54) is 5.69 Å². The van der Waals surface area contributed by atoms with Gasteiger partial charge in [0.15, 0.2) is 0 Å². The standard InChI is InChI=1S/C21H31N3O2/c1-13(25)18-11-15(21(18,2)3)12-20(26)24-16-5-6-17(24)10-14(9-16)19-7-8-22-23(19)4/h7-8,14-18H,5-6,9-12H2,1-4H3/t14?,15-,16?,17?,18+/m1/s1. The zero-order valence-electron chi connectivity index (χ0n) is 16.4. The van der Waals surface area contributed by atoms with E-state index < -0.39 is 0 Å². The molecule has 142 valence electrons. The van der Waals surface area contributed by atoms with E-state index in [0.717, 1.165) is 32.1 Å². The lowest BCUT2D eigenvalue weighted by Gasteiger charge is -2.52. The van der Waals surface area contributed by atoms with Crippen LogP contribution in [0.15, 0.2) is 12.3 Å². The molecule has 2 aliphatic heterocycles. The van der Waals surface area contributed by atoms with Crippen molar-refractivity contribution in [2.24, 2.45) is 24.3 Å². The average Bonchev–Trinajstić information content (AvgIpc) is 3.11. The Morgan fingerprint density at radius 3 is 2.35 bits per heavy atom. The van der Waals surface area contributed by atoms with E-state index in [9.17, 15) is 9.59 Å². The Morgan fingerprint density at radius 2 is 1.85 bits per heavy atom. The van der Waals surface area contributed by atoms with Crippen molar-refractivity contribution in [3.05, 3.63) is 18.0 Å². The Morgan fingerprint density at radius 1 is 1.19 bits per heavy atom. The molecule has 2 bridgehead atoms. The van der Waals surface area contributed by atoms with Gasteiger partial charge in [0.1, 0.15) is 5.78 Å². The first-order chi connectivity index (χ1) is 12.3. The highest BCUT2D eigenvalue weighted by molar-refractivity contribution is 5.82. The Hall–Kier alpha value is -1.65. The number of aryl methyl sites for hydroxylation is 1. The topological polar surface area (TPSA) is 55.2 Å². The molecule has 4 rings (SSSR count). The minimum atomic E-state index is -0.0342. The van der Waals surface area contributed by atoms with E-state index >= 15 is 0 Å². The molecular formula is C21H31N3O2. The van der Waals surface area contributed by atoms with Gasteiger partial charge in [0.05, 0.1) is 0 Å². The summed E-state index contributed by atoms with van der Waals surface area (Å²) in [6.07, 6.45) is 7.76. The fraction of sp³-hybridized carbons (Fsp3) is 0.762. The summed E-state index contributed by atoms with van der Waals surface area (Å²) in [5.74, 6) is 1.59. The van der Waals surface area contributed by atoms with E-state index in [4.69, 9.17) is 0 Å². The van der Waals surface area contributed by atoms with Crippen LogP contribution < -0.4 is 0 Å². The third-order valence-electron chi connectivity index (χ3n) is 7.68. The third-order valence-corrected chi connectivity index (χ3v) is 7.68. The van der Waals surface area contributed by atoms with Crippen LogP contribution in [-0.2, 0) is 16.6 Å². The summed E-state index contributed by atoms with van der Waals surface area (Å²) in [5, 5.41) is 4.32. The van der Waals surface area contributed by atoms with E-state index in [2.05, 4.69) is 29.9 Å². The molecule has 1 aromatic heterocycles. The van der Waals surface area contributed by atoms with Crippen molar-refractivity contribution < 1.29 is 9.59 Å². The van der Waals surface area contributed by atoms with E-state index in [1.807, 2.05) is 17.9 Å². The van der Waals surface area contributed by atoms with Gasteiger partial charge < -0.3 is 4.90 Å². The predicted molar refractivity (Wildman–Crippen MR) is 99.5 cm³/mol. The van der Waals surface area contributed by atoms with E-state index in [0.29, 0.717) is 36.2 Å². The van der Waals surface area contributed by atoms with Crippen molar-refractivity contribution in [3.8, 4) is 0 Å². The molecule has 3 aliphatic rings. The van der Waals surface area contributed by atoms with Gasteiger partial charge in [-0.25, -0.2) is 0 Å². The van der Waals surface area contributed by atoms with Gasteiger partial charge >= 0.3 is 0 Å². The normalized spacial score (nSPS) is 35.2. The summed E-state index contributed by atoms with van der Waals surface area (Å²) in [5.41, 5.74) is 1.27. The number of carbonyl (C=O) groups is 2. The van der Waals surface area contributed by atoms with Crippen LogP contribution in [0.25, 0.3) is 0 Å². The van der Waals surface area contributed by atoms with Crippen LogP contribution in [0.2, 0.25) is 0 Å². The highest BCUT2D eigenvalue weighted by atomic mass is 16.2. The first-order valence-corrected chi connectivity index (χ1v) is 10.1. The first kappa shape index (κ1) is 17.7. The van der Waals surface area contributed by atoms with Gasteiger partial charge in [0, 0.05) is 49.3 Å². The van der Waals surface area contributed by atoms with Crippen molar-refractivity contribution in [2.45, 2.75) is 77.3 Å². The fourth-order valence-electron chi connectivity index (χ4n) is 5.98. The van der Waals surface area contributed by atoms with Crippen molar-refractivity contribution in [1.82, 2.24) is 14.7 Å². The van der Waals surface area contributed by atoms with Crippen molar-refractivity contribution in [1.29, 1.82) is 0 Å². The van der Waals surface area contributed by atoms with Crippen LogP contribution in [0.5, 0.6) is 0 Å². The molecular weight excluding hydrogens is 326 g/mol. The maximum atomic E-state index is 13.1. The first-order valence-electron chi connectivity index (χ1n) is 10.1. The Bertz CT molecular complexity index is 709. The lowest BCUT2D eigenvalue weighted by Crippen LogP contribution is -2.52. The number of hydrogen-bond donors (Lipinski definition) is 0. The summed E-state index contributed by atoms with van der Waals surface area (Å²) in [4.78, 5) is 27.1. The van der Waals surface area contributed by atoms with Crippen molar-refractivity contribution in [3.63, 3.8) is 0 Å². The molecule has 0 spiro atoms. The molecule has 5 heteroatoms. The molecule has 0 radical (unpaired) electrons. The van der Waals surface area contributed by atoms with E-state index in [-0.39, 0.29) is 17.1 Å². The number of fused-ring (bicyclic) bond motifs is 2. The average molecular weight is 357 g/mol. The number of amides is 1. The molecule has 4 atom stereocenters. The molecule has 5 nitrogen and oxygen atoms in total. The Kier molecular flexibility index (Phi) is 4.24. The number of carbonyl (C=O) groups excluding carboxylic acids is 2. The quantitative estimate of drug-likeness (QED) is 0.831. The molecule has 26 heavy (non-hydrogen) atoms. The molecule has 1 saturated carbocycles. The second-order valence-electron chi connectivity index (χ2n) is 9.36. The number of piperidine rings is 1. The molecule has 1 aliphatic carbocycles. The smallest absolute Gasteiger partial charge is 0.223 e. The summed E-state index contributed by atoms with van der Waals surface area (Å²) < 4.78 is 1.99. The van der Waals surface area contributed by atoms with Gasteiger partial charge in [-0.15, -0.1) is 0 Å². The van der Waals surface area contributed by atoms with Gasteiger partial charge in [-0.3, -0.25) is 14.3 Å². The second-order valence-corrected chi connectivity index (χ2v) is 9.36. The lowest BCUT2D eigenvalue weighted by molar-refractivity contribution is -0.148. The summed E-state index contributed by atoms with van der Waals surface area (Å²) >= 11 is 0. The number of rotatable bonds is 4. The zero-order chi connectivity index (χ0) is 18.6. The van der Waals surface area contributed by atoms with Crippen LogP contribution in [0.1, 0.15) is 70.9 Å². The highest BCUT2D eigenvalue weighted by Gasteiger charge is 2.52. The summed E-state index contributed by atoms with van der Waals surface area (Å²) in [6, 6.07) is 2.89. The number of hydrogen-bond acceptors (Lipinski definition) is 3. The lowest BCUT2D eigenvalue weighted by atomic mass is 9.52. The van der Waals surface area contributed by atoms with Gasteiger partial charge in [-0.05, 0) is 56.4 Å². The fourth-order valence-corrected chi connectivity index (χ4v) is 5.98. The second kappa shape index (κ2) is 6.21. The third kappa shape index (κ3) is 2.71. The van der Waals surface area contributed by atoms with Crippen LogP contribution in [0.3, 0.4) is 0 Å². The molecule has 2 unspecified atom stereocenters. The van der Waals surface area contributed by atoms with Crippen LogP contribution in [0, 0.1) is 17.3 Å². The van der Waals surface area contributed by atoms with Gasteiger partial charge in [0.25, 0.3) is 0 Å². The van der Waals surface area contributed by atoms with Crippen molar-refractivity contribution >= 4 is 11.7 Å². The number of Topliss-reactive ketones (excluding diaryl/α,β-unsaturated/α-hetero) is 1. The SMILES string of the molecule is CC(=O)[C@@H]1C[C@H](CC(=O)N2C3CCC2CC(c2ccnn2C)C3)C1(C)C. The van der Waals surface area contributed by atoms with Crippen LogP contribution in [0.4, 0.5) is 0 Å². The van der Waals surface area contributed by atoms with Crippen LogP contribution >= 0.6 is 0 Å². The number of aromatic nitrogens is 2. The summed E-state index contributed by atoms with van der Waals surface area (Å²) in [7, 11) is 2.01.